The molecule has 1 fully saturated rings. The van der Waals surface area contributed by atoms with Gasteiger partial charge in [0.15, 0.2) is 5.78 Å². The first-order valence-electron chi connectivity index (χ1n) is 15.4. The summed E-state index contributed by atoms with van der Waals surface area (Å²) in [7, 11) is 0. The Hall–Kier alpha value is -4.16. The summed E-state index contributed by atoms with van der Waals surface area (Å²) in [5.74, 6) is 0.255. The van der Waals surface area contributed by atoms with Crippen molar-refractivity contribution in [1.82, 2.24) is 9.80 Å². The highest BCUT2D eigenvalue weighted by Gasteiger charge is 2.42. The molecule has 6 rings (SSSR count). The monoisotopic (exact) mass is 574 g/mol. The van der Waals surface area contributed by atoms with Crippen LogP contribution in [0, 0.1) is 12.3 Å². The van der Waals surface area contributed by atoms with Gasteiger partial charge in [0.05, 0.1) is 24.0 Å². The van der Waals surface area contributed by atoms with E-state index in [2.05, 4.69) is 109 Å². The number of anilines is 2. The van der Waals surface area contributed by atoms with Crippen molar-refractivity contribution < 1.29 is 9.59 Å². The number of nitrogens with zero attached hydrogens (tertiary/aromatic N) is 3. The van der Waals surface area contributed by atoms with Crippen LogP contribution in [0.1, 0.15) is 49.4 Å². The van der Waals surface area contributed by atoms with Crippen LogP contribution in [0.4, 0.5) is 11.4 Å². The SMILES string of the molecule is Cc1ccc(C2C3=C(CC(C)(C)CC3=O)Nc3ccccc3N2CC(=O)N2CCN(C/C=C/c3ccccc3)CC2)cc1. The minimum Gasteiger partial charge on any atom is -0.357 e. The van der Waals surface area contributed by atoms with Crippen LogP contribution in [0.5, 0.6) is 0 Å². The summed E-state index contributed by atoms with van der Waals surface area (Å²) in [6.45, 7) is 10.5. The molecule has 3 aliphatic rings. The Morgan fingerprint density at radius 2 is 1.60 bits per heavy atom. The van der Waals surface area contributed by atoms with Crippen molar-refractivity contribution in [3.8, 4) is 0 Å². The lowest BCUT2D eigenvalue weighted by atomic mass is 9.73. The normalized spacial score (nSPS) is 20.4. The molecular weight excluding hydrogens is 532 g/mol. The largest absolute Gasteiger partial charge is 0.357 e. The maximum Gasteiger partial charge on any atom is 0.242 e. The lowest BCUT2D eigenvalue weighted by Crippen LogP contribution is -2.51. The lowest BCUT2D eigenvalue weighted by Gasteiger charge is -2.39. The van der Waals surface area contributed by atoms with E-state index in [1.807, 2.05) is 23.1 Å². The van der Waals surface area contributed by atoms with Crippen molar-refractivity contribution in [2.75, 3.05) is 49.5 Å². The number of aryl methyl sites for hydroxylation is 1. The number of nitrogens with one attached hydrogen (secondary N) is 1. The molecule has 0 spiro atoms. The van der Waals surface area contributed by atoms with Crippen molar-refractivity contribution in [3.63, 3.8) is 0 Å². The standard InChI is InChI=1S/C37H42N4O2/c1-27-15-17-29(18-16-27)36-35-31(24-37(2,3)25-33(35)42)38-30-13-7-8-14-32(30)41(36)26-34(43)40-22-20-39(21-23-40)19-9-12-28-10-5-4-6-11-28/h4-18,36,38H,19-26H2,1-3H3/b12-9+. The third-order valence-corrected chi connectivity index (χ3v) is 8.90. The molecule has 3 aromatic rings. The van der Waals surface area contributed by atoms with E-state index >= 15 is 0 Å². The number of rotatable bonds is 6. The fraction of sp³-hybridized carbons (Fsp3) is 0.351. The molecular formula is C37H42N4O2. The van der Waals surface area contributed by atoms with Crippen LogP contribution in [-0.2, 0) is 9.59 Å². The first-order chi connectivity index (χ1) is 20.8. The smallest absolute Gasteiger partial charge is 0.242 e. The predicted molar refractivity (Wildman–Crippen MR) is 175 cm³/mol. The maximum atomic E-state index is 14.0. The molecule has 0 aromatic heterocycles. The zero-order chi connectivity index (χ0) is 30.0. The van der Waals surface area contributed by atoms with Gasteiger partial charge in [-0.3, -0.25) is 14.5 Å². The highest BCUT2D eigenvalue weighted by molar-refractivity contribution is 6.02. The molecule has 2 aliphatic heterocycles. The van der Waals surface area contributed by atoms with E-state index < -0.39 is 0 Å². The third kappa shape index (κ3) is 6.45. The molecule has 6 heteroatoms. The van der Waals surface area contributed by atoms with E-state index in [0.29, 0.717) is 19.5 Å². The van der Waals surface area contributed by atoms with Gasteiger partial charge in [-0.2, -0.15) is 0 Å². The topological polar surface area (TPSA) is 55.9 Å². The second kappa shape index (κ2) is 12.2. The predicted octanol–water partition coefficient (Wildman–Crippen LogP) is 6.47. The molecule has 0 bridgehead atoms. The molecule has 6 nitrogen and oxygen atoms in total. The Kier molecular flexibility index (Phi) is 8.22. The van der Waals surface area contributed by atoms with Crippen molar-refractivity contribution in [2.45, 2.75) is 39.7 Å². The van der Waals surface area contributed by atoms with Gasteiger partial charge in [-0.25, -0.2) is 0 Å². The van der Waals surface area contributed by atoms with Crippen LogP contribution in [-0.4, -0.2) is 60.8 Å². The van der Waals surface area contributed by atoms with Gasteiger partial charge in [0.1, 0.15) is 0 Å². The molecule has 2 heterocycles. The number of amides is 1. The molecule has 0 radical (unpaired) electrons. The number of hydrogen-bond donors (Lipinski definition) is 1. The Bertz CT molecular complexity index is 1530. The summed E-state index contributed by atoms with van der Waals surface area (Å²) in [6.07, 6.45) is 5.64. The average molecular weight is 575 g/mol. The van der Waals surface area contributed by atoms with E-state index in [0.717, 1.165) is 54.3 Å². The van der Waals surface area contributed by atoms with Crippen molar-refractivity contribution in [2.24, 2.45) is 5.41 Å². The Labute approximate surface area is 255 Å². The quantitative estimate of drug-likeness (QED) is 0.366. The Morgan fingerprint density at radius 3 is 2.35 bits per heavy atom. The van der Waals surface area contributed by atoms with E-state index in [1.165, 1.54) is 11.1 Å². The van der Waals surface area contributed by atoms with Crippen LogP contribution in [0.3, 0.4) is 0 Å². The zero-order valence-electron chi connectivity index (χ0n) is 25.6. The van der Waals surface area contributed by atoms with Gasteiger partial charge < -0.3 is 15.1 Å². The summed E-state index contributed by atoms with van der Waals surface area (Å²) < 4.78 is 0. The van der Waals surface area contributed by atoms with Crippen LogP contribution in [0.15, 0.2) is 96.2 Å². The van der Waals surface area contributed by atoms with E-state index in [9.17, 15) is 9.59 Å². The molecule has 1 aliphatic carbocycles. The summed E-state index contributed by atoms with van der Waals surface area (Å²) >= 11 is 0. The highest BCUT2D eigenvalue weighted by Crippen LogP contribution is 2.48. The number of hydrogen-bond acceptors (Lipinski definition) is 5. The second-order valence-corrected chi connectivity index (χ2v) is 12.9. The number of ketones is 1. The number of fused-ring (bicyclic) bond motifs is 1. The molecule has 0 saturated carbocycles. The van der Waals surface area contributed by atoms with Crippen molar-refractivity contribution in [1.29, 1.82) is 0 Å². The fourth-order valence-corrected chi connectivity index (χ4v) is 6.65. The van der Waals surface area contributed by atoms with Crippen LogP contribution in [0.2, 0.25) is 0 Å². The van der Waals surface area contributed by atoms with Gasteiger partial charge in [-0.1, -0.05) is 98.3 Å². The van der Waals surface area contributed by atoms with Gasteiger partial charge in [-0.05, 0) is 42.0 Å². The number of para-hydroxylation sites is 2. The number of carbonyl (C=O) groups is 2. The Balaban J connectivity index is 1.25. The molecule has 1 unspecified atom stereocenters. The molecule has 43 heavy (non-hydrogen) atoms. The van der Waals surface area contributed by atoms with Gasteiger partial charge in [0.25, 0.3) is 0 Å². The van der Waals surface area contributed by atoms with Gasteiger partial charge >= 0.3 is 0 Å². The highest BCUT2D eigenvalue weighted by atomic mass is 16.2. The van der Waals surface area contributed by atoms with Crippen LogP contribution < -0.4 is 10.2 Å². The van der Waals surface area contributed by atoms with Crippen molar-refractivity contribution in [3.05, 3.63) is 113 Å². The van der Waals surface area contributed by atoms with E-state index in [1.54, 1.807) is 0 Å². The van der Waals surface area contributed by atoms with Gasteiger partial charge in [-0.15, -0.1) is 0 Å². The van der Waals surface area contributed by atoms with E-state index in [-0.39, 0.29) is 29.7 Å². The molecule has 1 atom stereocenters. The van der Waals surface area contributed by atoms with E-state index in [4.69, 9.17) is 0 Å². The average Bonchev–Trinajstić information content (AvgIpc) is 3.12. The van der Waals surface area contributed by atoms with Crippen molar-refractivity contribution >= 4 is 29.1 Å². The summed E-state index contributed by atoms with van der Waals surface area (Å²) in [5, 5.41) is 3.66. The number of benzene rings is 3. The molecule has 1 saturated heterocycles. The minimum absolute atomic E-state index is 0.0963. The first-order valence-corrected chi connectivity index (χ1v) is 15.4. The summed E-state index contributed by atoms with van der Waals surface area (Å²) in [5.41, 5.74) is 6.94. The molecule has 3 aromatic carbocycles. The molecule has 1 N–H and O–H groups in total. The molecule has 222 valence electrons. The number of carbonyl (C=O) groups excluding carboxylic acids is 2. The minimum atomic E-state index is -0.344. The van der Waals surface area contributed by atoms with Gasteiger partial charge in [0, 0.05) is 50.4 Å². The fourth-order valence-electron chi connectivity index (χ4n) is 6.65. The number of Topliss-reactive ketones (excluding diaryl/α,β-unsaturated/α-hetero) is 1. The zero-order valence-corrected chi connectivity index (χ0v) is 25.6. The second-order valence-electron chi connectivity index (χ2n) is 12.9. The summed E-state index contributed by atoms with van der Waals surface area (Å²) in [4.78, 5) is 34.5. The Morgan fingerprint density at radius 1 is 0.907 bits per heavy atom. The number of allylic oxidation sites excluding steroid dienone is 1. The first kappa shape index (κ1) is 28.9. The van der Waals surface area contributed by atoms with Crippen LogP contribution in [0.25, 0.3) is 6.08 Å². The lowest BCUT2D eigenvalue weighted by molar-refractivity contribution is -0.131. The maximum absolute atomic E-state index is 14.0. The molecule has 1 amide bonds. The van der Waals surface area contributed by atoms with Crippen LogP contribution >= 0.6 is 0 Å². The van der Waals surface area contributed by atoms with Gasteiger partial charge in [0.2, 0.25) is 5.91 Å². The third-order valence-electron chi connectivity index (χ3n) is 8.90. The summed E-state index contributed by atoms with van der Waals surface area (Å²) in [6, 6.07) is 26.6. The number of piperazine rings is 1.